The lowest BCUT2D eigenvalue weighted by molar-refractivity contribution is 0.0987. The number of benzene rings is 2. The van der Waals surface area contributed by atoms with E-state index in [1.807, 2.05) is 0 Å². The fourth-order valence-corrected chi connectivity index (χ4v) is 2.48. The molecule has 0 atom stereocenters. The molecule has 0 radical (unpaired) electrons. The molecular formula is C18H14F3N3O2. The first kappa shape index (κ1) is 17.5. The molecule has 3 aromatic rings. The Morgan fingerprint density at radius 3 is 2.38 bits per heavy atom. The molecule has 0 aliphatic rings. The van der Waals surface area contributed by atoms with Crippen molar-refractivity contribution in [3.63, 3.8) is 0 Å². The van der Waals surface area contributed by atoms with E-state index in [4.69, 9.17) is 10.5 Å². The number of carbonyl (C=O) groups is 1. The number of hydrogen-bond donors (Lipinski definition) is 1. The van der Waals surface area contributed by atoms with Crippen LogP contribution >= 0.6 is 0 Å². The van der Waals surface area contributed by atoms with Gasteiger partial charge in [0.2, 0.25) is 0 Å². The predicted octanol–water partition coefficient (Wildman–Crippen LogP) is 3.85. The maximum absolute atomic E-state index is 14.0. The Morgan fingerprint density at radius 1 is 1.12 bits per heavy atom. The van der Waals surface area contributed by atoms with Crippen molar-refractivity contribution in [2.75, 3.05) is 0 Å². The minimum absolute atomic E-state index is 0.114. The summed E-state index contributed by atoms with van der Waals surface area (Å²) in [6.07, 6.45) is -2.72. The van der Waals surface area contributed by atoms with E-state index < -0.39 is 24.7 Å². The summed E-state index contributed by atoms with van der Waals surface area (Å²) >= 11 is 0. The molecule has 1 heterocycles. The highest BCUT2D eigenvalue weighted by molar-refractivity contribution is 5.96. The summed E-state index contributed by atoms with van der Waals surface area (Å²) in [5.74, 6) is -2.00. The number of para-hydroxylation sites is 1. The number of primary amides is 1. The van der Waals surface area contributed by atoms with Gasteiger partial charge in [0.05, 0.1) is 0 Å². The molecule has 134 valence electrons. The van der Waals surface area contributed by atoms with Crippen molar-refractivity contribution < 1.29 is 22.7 Å². The zero-order valence-corrected chi connectivity index (χ0v) is 13.4. The monoisotopic (exact) mass is 361 g/mol. The topological polar surface area (TPSA) is 70.1 Å². The number of alkyl halides is 2. The molecule has 1 aromatic heterocycles. The molecule has 2 aromatic carbocycles. The Balaban J connectivity index is 2.21. The standard InChI is InChI=1S/C18H14F3N3O2/c19-12-8-4-5-9-13(12)26-17-15(18(22)25)23-24(10-14(20)21)16(17)11-6-2-1-3-7-11/h1-9,14H,10H2,(H2,22,25). The van der Waals surface area contributed by atoms with Gasteiger partial charge in [-0.2, -0.15) is 5.10 Å². The Morgan fingerprint density at radius 2 is 1.77 bits per heavy atom. The third kappa shape index (κ3) is 3.53. The zero-order chi connectivity index (χ0) is 18.7. The third-order valence-corrected chi connectivity index (χ3v) is 3.55. The summed E-state index contributed by atoms with van der Waals surface area (Å²) in [7, 11) is 0. The largest absolute Gasteiger partial charge is 0.449 e. The van der Waals surface area contributed by atoms with E-state index in [0.717, 1.165) is 4.68 Å². The molecule has 0 saturated heterocycles. The molecule has 0 saturated carbocycles. The van der Waals surface area contributed by atoms with Gasteiger partial charge in [0.15, 0.2) is 23.0 Å². The van der Waals surface area contributed by atoms with Gasteiger partial charge >= 0.3 is 0 Å². The van der Waals surface area contributed by atoms with E-state index in [1.165, 1.54) is 24.3 Å². The maximum Gasteiger partial charge on any atom is 0.273 e. The van der Waals surface area contributed by atoms with Crippen molar-refractivity contribution in [1.29, 1.82) is 0 Å². The first-order valence-corrected chi connectivity index (χ1v) is 7.64. The van der Waals surface area contributed by atoms with E-state index in [-0.39, 0.29) is 22.9 Å². The molecule has 0 aliphatic carbocycles. The van der Waals surface area contributed by atoms with Crippen molar-refractivity contribution in [1.82, 2.24) is 9.78 Å². The van der Waals surface area contributed by atoms with Crippen LogP contribution in [0.5, 0.6) is 11.5 Å². The Labute approximate surface area is 146 Å². The molecule has 0 bridgehead atoms. The third-order valence-electron chi connectivity index (χ3n) is 3.55. The van der Waals surface area contributed by atoms with Crippen LogP contribution in [0.1, 0.15) is 10.5 Å². The lowest BCUT2D eigenvalue weighted by Crippen LogP contribution is -2.14. The maximum atomic E-state index is 14.0. The minimum atomic E-state index is -2.72. The summed E-state index contributed by atoms with van der Waals surface area (Å²) in [6, 6.07) is 13.9. The highest BCUT2D eigenvalue weighted by atomic mass is 19.3. The smallest absolute Gasteiger partial charge is 0.273 e. The van der Waals surface area contributed by atoms with Crippen molar-refractivity contribution in [3.8, 4) is 22.8 Å². The van der Waals surface area contributed by atoms with Gasteiger partial charge in [0.25, 0.3) is 12.3 Å². The van der Waals surface area contributed by atoms with Crippen molar-refractivity contribution in [3.05, 3.63) is 66.1 Å². The summed E-state index contributed by atoms with van der Waals surface area (Å²) in [4.78, 5) is 11.8. The van der Waals surface area contributed by atoms with Gasteiger partial charge in [-0.15, -0.1) is 0 Å². The Hall–Kier alpha value is -3.29. The number of ether oxygens (including phenoxy) is 1. The predicted molar refractivity (Wildman–Crippen MR) is 88.7 cm³/mol. The number of nitrogens with two attached hydrogens (primary N) is 1. The number of hydrogen-bond acceptors (Lipinski definition) is 3. The molecular weight excluding hydrogens is 347 g/mol. The number of aromatic nitrogens is 2. The Kier molecular flexibility index (Phi) is 4.92. The first-order valence-electron chi connectivity index (χ1n) is 7.64. The van der Waals surface area contributed by atoms with Crippen LogP contribution in [-0.2, 0) is 6.54 Å². The number of halogens is 3. The summed E-state index contributed by atoms with van der Waals surface area (Å²) in [6.45, 7) is -0.773. The molecule has 5 nitrogen and oxygen atoms in total. The molecule has 26 heavy (non-hydrogen) atoms. The van der Waals surface area contributed by atoms with Crippen molar-refractivity contribution >= 4 is 5.91 Å². The highest BCUT2D eigenvalue weighted by Gasteiger charge is 2.26. The van der Waals surface area contributed by atoms with Gasteiger partial charge < -0.3 is 10.5 Å². The van der Waals surface area contributed by atoms with Gasteiger partial charge in [-0.3, -0.25) is 9.48 Å². The lowest BCUT2D eigenvalue weighted by atomic mass is 10.1. The van der Waals surface area contributed by atoms with E-state index in [9.17, 15) is 18.0 Å². The van der Waals surface area contributed by atoms with Crippen LogP contribution in [0.25, 0.3) is 11.3 Å². The summed E-state index contributed by atoms with van der Waals surface area (Å²) in [5.41, 5.74) is 5.55. The van der Waals surface area contributed by atoms with Gasteiger partial charge in [0, 0.05) is 5.56 Å². The highest BCUT2D eigenvalue weighted by Crippen LogP contribution is 2.37. The fraction of sp³-hybridized carbons (Fsp3) is 0.111. The van der Waals surface area contributed by atoms with E-state index >= 15 is 0 Å². The fourth-order valence-electron chi connectivity index (χ4n) is 2.48. The number of carbonyl (C=O) groups excluding carboxylic acids is 1. The minimum Gasteiger partial charge on any atom is -0.449 e. The van der Waals surface area contributed by atoms with Crippen LogP contribution in [0.4, 0.5) is 13.2 Å². The summed E-state index contributed by atoms with van der Waals surface area (Å²) < 4.78 is 46.4. The SMILES string of the molecule is NC(=O)c1nn(CC(F)F)c(-c2ccccc2)c1Oc1ccccc1F. The van der Waals surface area contributed by atoms with E-state index in [0.29, 0.717) is 5.56 Å². The first-order chi connectivity index (χ1) is 12.5. The lowest BCUT2D eigenvalue weighted by Gasteiger charge is -2.11. The summed E-state index contributed by atoms with van der Waals surface area (Å²) in [5, 5.41) is 3.87. The van der Waals surface area contributed by atoms with Gasteiger partial charge in [0.1, 0.15) is 12.2 Å². The van der Waals surface area contributed by atoms with Gasteiger partial charge in [-0.25, -0.2) is 13.2 Å². The number of rotatable bonds is 6. The molecule has 0 fully saturated rings. The molecule has 8 heteroatoms. The molecule has 0 unspecified atom stereocenters. The average Bonchev–Trinajstić information content (AvgIpc) is 2.95. The van der Waals surface area contributed by atoms with Crippen LogP contribution in [0.15, 0.2) is 54.6 Å². The van der Waals surface area contributed by atoms with Gasteiger partial charge in [-0.1, -0.05) is 42.5 Å². The second-order valence-corrected chi connectivity index (χ2v) is 5.36. The molecule has 2 N–H and O–H groups in total. The Bertz CT molecular complexity index is 927. The van der Waals surface area contributed by atoms with E-state index in [1.54, 1.807) is 30.3 Å². The molecule has 0 aliphatic heterocycles. The molecule has 0 spiro atoms. The second kappa shape index (κ2) is 7.30. The van der Waals surface area contributed by atoms with Gasteiger partial charge in [-0.05, 0) is 12.1 Å². The van der Waals surface area contributed by atoms with Crippen LogP contribution in [-0.4, -0.2) is 22.1 Å². The van der Waals surface area contributed by atoms with Crippen LogP contribution in [0, 0.1) is 5.82 Å². The van der Waals surface area contributed by atoms with Crippen LogP contribution < -0.4 is 10.5 Å². The molecule has 1 amide bonds. The molecule has 3 rings (SSSR count). The average molecular weight is 361 g/mol. The van der Waals surface area contributed by atoms with Crippen molar-refractivity contribution in [2.24, 2.45) is 5.73 Å². The normalized spacial score (nSPS) is 10.9. The van der Waals surface area contributed by atoms with Crippen LogP contribution in [0.2, 0.25) is 0 Å². The van der Waals surface area contributed by atoms with Crippen molar-refractivity contribution in [2.45, 2.75) is 13.0 Å². The number of nitrogens with zero attached hydrogens (tertiary/aromatic N) is 2. The van der Waals surface area contributed by atoms with E-state index in [2.05, 4.69) is 5.10 Å². The zero-order valence-electron chi connectivity index (χ0n) is 13.4. The second-order valence-electron chi connectivity index (χ2n) is 5.36. The quantitative estimate of drug-likeness (QED) is 0.725. The van der Waals surface area contributed by atoms with Crippen LogP contribution in [0.3, 0.4) is 0 Å². The number of amides is 1.